The maximum atomic E-state index is 11.0. The molecule has 0 spiro atoms. The molecule has 0 aliphatic heterocycles. The lowest BCUT2D eigenvalue weighted by Gasteiger charge is -1.98. The van der Waals surface area contributed by atoms with Gasteiger partial charge < -0.3 is 9.84 Å². The molecule has 1 aromatic carbocycles. The van der Waals surface area contributed by atoms with Gasteiger partial charge >= 0.3 is 5.97 Å². The lowest BCUT2D eigenvalue weighted by molar-refractivity contribution is -0.143. The van der Waals surface area contributed by atoms with Gasteiger partial charge in [-0.15, -0.1) is 0 Å². The molecule has 80 valence electrons. The van der Waals surface area contributed by atoms with Crippen LogP contribution in [-0.4, -0.2) is 24.3 Å². The standard InChI is InChI=1S/C12H14O3/c13-9-10-15-12(14)8-4-7-11-5-2-1-3-6-11/h1-7,13H,8-10H2/b7-4+. The van der Waals surface area contributed by atoms with Crippen molar-refractivity contribution in [2.24, 2.45) is 0 Å². The first-order valence-corrected chi connectivity index (χ1v) is 4.81. The normalized spacial score (nSPS) is 10.5. The molecule has 0 atom stereocenters. The van der Waals surface area contributed by atoms with E-state index < -0.39 is 0 Å². The van der Waals surface area contributed by atoms with Gasteiger partial charge in [-0.2, -0.15) is 0 Å². The summed E-state index contributed by atoms with van der Waals surface area (Å²) in [5.41, 5.74) is 1.05. The van der Waals surface area contributed by atoms with Crippen molar-refractivity contribution in [2.45, 2.75) is 6.42 Å². The molecule has 1 rings (SSSR count). The molecule has 0 saturated heterocycles. The van der Waals surface area contributed by atoms with E-state index in [-0.39, 0.29) is 25.6 Å². The van der Waals surface area contributed by atoms with E-state index in [1.54, 1.807) is 6.08 Å². The fourth-order valence-corrected chi connectivity index (χ4v) is 1.07. The Labute approximate surface area is 89.0 Å². The smallest absolute Gasteiger partial charge is 0.309 e. The molecule has 0 aromatic heterocycles. The van der Waals surface area contributed by atoms with Crippen LogP contribution in [0.25, 0.3) is 6.08 Å². The summed E-state index contributed by atoms with van der Waals surface area (Å²) in [5.74, 6) is -0.323. The number of rotatable bonds is 5. The van der Waals surface area contributed by atoms with E-state index >= 15 is 0 Å². The molecular formula is C12H14O3. The van der Waals surface area contributed by atoms with Crippen LogP contribution in [0.2, 0.25) is 0 Å². The van der Waals surface area contributed by atoms with Gasteiger partial charge in [0, 0.05) is 0 Å². The topological polar surface area (TPSA) is 46.5 Å². The second-order valence-corrected chi connectivity index (χ2v) is 2.96. The maximum absolute atomic E-state index is 11.0. The summed E-state index contributed by atoms with van der Waals surface area (Å²) in [6, 6.07) is 9.71. The lowest BCUT2D eigenvalue weighted by atomic mass is 10.2. The average molecular weight is 206 g/mol. The Bertz CT molecular complexity index is 317. The molecule has 0 bridgehead atoms. The minimum absolute atomic E-state index is 0.0675. The number of benzene rings is 1. The molecule has 0 saturated carbocycles. The Kier molecular flexibility index (Phi) is 5.19. The number of carbonyl (C=O) groups excluding carboxylic acids is 1. The first-order chi connectivity index (χ1) is 7.33. The van der Waals surface area contributed by atoms with E-state index in [4.69, 9.17) is 5.11 Å². The molecular weight excluding hydrogens is 192 g/mol. The van der Waals surface area contributed by atoms with Crippen LogP contribution in [0.3, 0.4) is 0 Å². The molecule has 0 aliphatic rings. The fourth-order valence-electron chi connectivity index (χ4n) is 1.07. The van der Waals surface area contributed by atoms with Crippen LogP contribution in [0.5, 0.6) is 0 Å². The molecule has 0 heterocycles. The Morgan fingerprint density at radius 2 is 2.07 bits per heavy atom. The zero-order valence-corrected chi connectivity index (χ0v) is 8.43. The zero-order chi connectivity index (χ0) is 10.9. The van der Waals surface area contributed by atoms with Crippen LogP contribution in [0, 0.1) is 0 Å². The SMILES string of the molecule is O=C(C/C=C/c1ccccc1)OCCO. The molecule has 3 heteroatoms. The van der Waals surface area contributed by atoms with E-state index in [0.29, 0.717) is 0 Å². The number of aliphatic hydroxyl groups excluding tert-OH is 1. The minimum atomic E-state index is -0.323. The summed E-state index contributed by atoms with van der Waals surface area (Å²) in [4.78, 5) is 11.0. The molecule has 15 heavy (non-hydrogen) atoms. The summed E-state index contributed by atoms with van der Waals surface area (Å²) >= 11 is 0. The van der Waals surface area contributed by atoms with Crippen LogP contribution < -0.4 is 0 Å². The number of ether oxygens (including phenoxy) is 1. The third kappa shape index (κ3) is 4.98. The van der Waals surface area contributed by atoms with Crippen molar-refractivity contribution >= 4 is 12.0 Å². The maximum Gasteiger partial charge on any atom is 0.309 e. The molecule has 0 radical (unpaired) electrons. The lowest BCUT2D eigenvalue weighted by Crippen LogP contribution is -2.06. The highest BCUT2D eigenvalue weighted by atomic mass is 16.5. The van der Waals surface area contributed by atoms with Crippen molar-refractivity contribution in [1.82, 2.24) is 0 Å². The molecule has 1 aromatic rings. The van der Waals surface area contributed by atoms with Gasteiger partial charge in [-0.3, -0.25) is 4.79 Å². The van der Waals surface area contributed by atoms with E-state index in [9.17, 15) is 4.79 Å². The molecule has 3 nitrogen and oxygen atoms in total. The Morgan fingerprint density at radius 1 is 1.33 bits per heavy atom. The summed E-state index contributed by atoms with van der Waals surface area (Å²) in [7, 11) is 0. The third-order valence-electron chi connectivity index (χ3n) is 1.75. The van der Waals surface area contributed by atoms with Gasteiger partial charge in [0.05, 0.1) is 13.0 Å². The van der Waals surface area contributed by atoms with Crippen LogP contribution >= 0.6 is 0 Å². The van der Waals surface area contributed by atoms with Crippen LogP contribution in [-0.2, 0) is 9.53 Å². The average Bonchev–Trinajstić information content (AvgIpc) is 2.28. The Morgan fingerprint density at radius 3 is 2.73 bits per heavy atom. The third-order valence-corrected chi connectivity index (χ3v) is 1.75. The van der Waals surface area contributed by atoms with Crippen LogP contribution in [0.4, 0.5) is 0 Å². The Hall–Kier alpha value is -1.61. The fraction of sp³-hybridized carbons (Fsp3) is 0.250. The van der Waals surface area contributed by atoms with Crippen molar-refractivity contribution in [3.63, 3.8) is 0 Å². The highest BCUT2D eigenvalue weighted by Crippen LogP contribution is 2.02. The van der Waals surface area contributed by atoms with Crippen molar-refractivity contribution in [2.75, 3.05) is 13.2 Å². The first-order valence-electron chi connectivity index (χ1n) is 4.81. The van der Waals surface area contributed by atoms with E-state index in [2.05, 4.69) is 4.74 Å². The van der Waals surface area contributed by atoms with Crippen molar-refractivity contribution in [1.29, 1.82) is 0 Å². The predicted molar refractivity (Wildman–Crippen MR) is 58.1 cm³/mol. The molecule has 0 unspecified atom stereocenters. The molecule has 0 aliphatic carbocycles. The largest absolute Gasteiger partial charge is 0.463 e. The van der Waals surface area contributed by atoms with Crippen molar-refractivity contribution in [3.05, 3.63) is 42.0 Å². The monoisotopic (exact) mass is 206 g/mol. The number of hydrogen-bond donors (Lipinski definition) is 1. The van der Waals surface area contributed by atoms with Crippen LogP contribution in [0.1, 0.15) is 12.0 Å². The summed E-state index contributed by atoms with van der Waals surface area (Å²) in [6.45, 7) is -0.0633. The van der Waals surface area contributed by atoms with Gasteiger partial charge in [0.25, 0.3) is 0 Å². The predicted octanol–water partition coefficient (Wildman–Crippen LogP) is 1.63. The van der Waals surface area contributed by atoms with Gasteiger partial charge in [-0.25, -0.2) is 0 Å². The van der Waals surface area contributed by atoms with E-state index in [1.165, 1.54) is 0 Å². The molecule has 0 fully saturated rings. The number of hydrogen-bond acceptors (Lipinski definition) is 3. The second-order valence-electron chi connectivity index (χ2n) is 2.96. The van der Waals surface area contributed by atoms with Gasteiger partial charge in [0.2, 0.25) is 0 Å². The highest BCUT2D eigenvalue weighted by molar-refractivity contribution is 5.72. The van der Waals surface area contributed by atoms with Crippen LogP contribution in [0.15, 0.2) is 36.4 Å². The van der Waals surface area contributed by atoms with Gasteiger partial charge in [0.1, 0.15) is 6.61 Å². The Balaban J connectivity index is 2.31. The van der Waals surface area contributed by atoms with Gasteiger partial charge in [-0.1, -0.05) is 42.5 Å². The summed E-state index contributed by atoms with van der Waals surface area (Å²) in [5, 5.41) is 8.42. The zero-order valence-electron chi connectivity index (χ0n) is 8.43. The molecule has 0 amide bonds. The summed E-state index contributed by atoms with van der Waals surface area (Å²) < 4.78 is 4.69. The van der Waals surface area contributed by atoms with E-state index in [0.717, 1.165) is 5.56 Å². The number of esters is 1. The van der Waals surface area contributed by atoms with E-state index in [1.807, 2.05) is 36.4 Å². The number of carbonyl (C=O) groups is 1. The second kappa shape index (κ2) is 6.79. The van der Waals surface area contributed by atoms with Crippen molar-refractivity contribution < 1.29 is 14.6 Å². The quantitative estimate of drug-likeness (QED) is 0.745. The number of aliphatic hydroxyl groups is 1. The van der Waals surface area contributed by atoms with Gasteiger partial charge in [0.15, 0.2) is 0 Å². The van der Waals surface area contributed by atoms with Gasteiger partial charge in [-0.05, 0) is 5.56 Å². The van der Waals surface area contributed by atoms with Crippen molar-refractivity contribution in [3.8, 4) is 0 Å². The minimum Gasteiger partial charge on any atom is -0.463 e. The summed E-state index contributed by atoms with van der Waals surface area (Å²) in [6.07, 6.45) is 3.84. The first kappa shape index (κ1) is 11.5. The molecule has 1 N–H and O–H groups in total. The highest BCUT2D eigenvalue weighted by Gasteiger charge is 1.97.